The maximum atomic E-state index is 5.64. The third-order valence-electron chi connectivity index (χ3n) is 3.39. The van der Waals surface area contributed by atoms with E-state index in [-0.39, 0.29) is 0 Å². The molecule has 0 amide bonds. The molecule has 2 rings (SSSR count). The monoisotopic (exact) mass is 263 g/mol. The molecule has 0 aliphatic carbocycles. The molecule has 1 aromatic rings. The molecule has 1 atom stereocenters. The van der Waals surface area contributed by atoms with Crippen molar-refractivity contribution >= 4 is 0 Å². The first-order chi connectivity index (χ1) is 9.38. The molecule has 3 nitrogen and oxygen atoms in total. The number of benzene rings is 1. The topological polar surface area (TPSA) is 30.5 Å². The zero-order chi connectivity index (χ0) is 13.3. The summed E-state index contributed by atoms with van der Waals surface area (Å²) in [7, 11) is 0. The molecule has 1 saturated heterocycles. The fourth-order valence-corrected chi connectivity index (χ4v) is 2.35. The Labute approximate surface area is 116 Å². The lowest BCUT2D eigenvalue weighted by Gasteiger charge is -2.22. The summed E-state index contributed by atoms with van der Waals surface area (Å²) in [6, 6.07) is 8.35. The van der Waals surface area contributed by atoms with Crippen molar-refractivity contribution in [3.8, 4) is 5.75 Å². The van der Waals surface area contributed by atoms with Crippen LogP contribution in [-0.2, 0) is 11.3 Å². The minimum atomic E-state index is 0.674. The van der Waals surface area contributed by atoms with Gasteiger partial charge in [0, 0.05) is 19.7 Å². The van der Waals surface area contributed by atoms with Crippen LogP contribution >= 0.6 is 0 Å². The molecule has 1 N–H and O–H groups in total. The minimum Gasteiger partial charge on any atom is -0.494 e. The Morgan fingerprint density at radius 1 is 1.42 bits per heavy atom. The Bertz CT molecular complexity index is 362. The van der Waals surface area contributed by atoms with Crippen molar-refractivity contribution in [3.63, 3.8) is 0 Å². The van der Waals surface area contributed by atoms with Crippen LogP contribution in [0.25, 0.3) is 0 Å². The molecule has 0 bridgehead atoms. The maximum Gasteiger partial charge on any atom is 0.119 e. The van der Waals surface area contributed by atoms with Gasteiger partial charge in [-0.15, -0.1) is 0 Å². The highest BCUT2D eigenvalue weighted by molar-refractivity contribution is 5.28. The van der Waals surface area contributed by atoms with Crippen LogP contribution in [0.4, 0.5) is 0 Å². The molecule has 1 aliphatic heterocycles. The van der Waals surface area contributed by atoms with E-state index in [4.69, 9.17) is 9.47 Å². The van der Waals surface area contributed by atoms with Crippen LogP contribution in [0.15, 0.2) is 24.3 Å². The second-order valence-electron chi connectivity index (χ2n) is 5.21. The molecule has 19 heavy (non-hydrogen) atoms. The van der Waals surface area contributed by atoms with Gasteiger partial charge in [-0.2, -0.15) is 0 Å². The Morgan fingerprint density at radius 3 is 3.16 bits per heavy atom. The smallest absolute Gasteiger partial charge is 0.119 e. The van der Waals surface area contributed by atoms with Crippen molar-refractivity contribution in [2.45, 2.75) is 32.7 Å². The average molecular weight is 263 g/mol. The summed E-state index contributed by atoms with van der Waals surface area (Å²) in [6.45, 7) is 6.70. The van der Waals surface area contributed by atoms with E-state index in [0.717, 1.165) is 45.1 Å². The van der Waals surface area contributed by atoms with Crippen LogP contribution in [0, 0.1) is 5.92 Å². The Balaban J connectivity index is 1.72. The molecule has 0 radical (unpaired) electrons. The van der Waals surface area contributed by atoms with Gasteiger partial charge in [0.25, 0.3) is 0 Å². The SMILES string of the molecule is CCCOc1cccc(CNCC2CCCOC2)c1. The van der Waals surface area contributed by atoms with Gasteiger partial charge in [-0.1, -0.05) is 19.1 Å². The number of ether oxygens (including phenoxy) is 2. The molecule has 1 fully saturated rings. The van der Waals surface area contributed by atoms with E-state index >= 15 is 0 Å². The van der Waals surface area contributed by atoms with Gasteiger partial charge < -0.3 is 14.8 Å². The number of rotatable bonds is 7. The third kappa shape index (κ3) is 5.21. The lowest BCUT2D eigenvalue weighted by Crippen LogP contribution is -2.28. The lowest BCUT2D eigenvalue weighted by atomic mass is 10.0. The molecular weight excluding hydrogens is 238 g/mol. The van der Waals surface area contributed by atoms with Gasteiger partial charge in [-0.05, 0) is 42.9 Å². The van der Waals surface area contributed by atoms with Crippen LogP contribution in [0.5, 0.6) is 5.75 Å². The summed E-state index contributed by atoms with van der Waals surface area (Å²) in [5.74, 6) is 1.65. The fraction of sp³-hybridized carbons (Fsp3) is 0.625. The zero-order valence-electron chi connectivity index (χ0n) is 11.9. The highest BCUT2D eigenvalue weighted by Gasteiger charge is 2.12. The van der Waals surface area contributed by atoms with E-state index < -0.39 is 0 Å². The van der Waals surface area contributed by atoms with Crippen molar-refractivity contribution in [2.24, 2.45) is 5.92 Å². The van der Waals surface area contributed by atoms with Gasteiger partial charge in [0.05, 0.1) is 13.2 Å². The van der Waals surface area contributed by atoms with Crippen molar-refractivity contribution in [1.29, 1.82) is 0 Å². The fourth-order valence-electron chi connectivity index (χ4n) is 2.35. The van der Waals surface area contributed by atoms with Crippen LogP contribution < -0.4 is 10.1 Å². The third-order valence-corrected chi connectivity index (χ3v) is 3.39. The van der Waals surface area contributed by atoms with Crippen molar-refractivity contribution < 1.29 is 9.47 Å². The molecule has 1 heterocycles. The van der Waals surface area contributed by atoms with Crippen LogP contribution in [0.1, 0.15) is 31.7 Å². The van der Waals surface area contributed by atoms with Crippen molar-refractivity contribution in [2.75, 3.05) is 26.4 Å². The van der Waals surface area contributed by atoms with Crippen LogP contribution in [0.3, 0.4) is 0 Å². The van der Waals surface area contributed by atoms with Crippen molar-refractivity contribution in [1.82, 2.24) is 5.32 Å². The van der Waals surface area contributed by atoms with Gasteiger partial charge >= 0.3 is 0 Å². The predicted octanol–water partition coefficient (Wildman–Crippen LogP) is 2.99. The van der Waals surface area contributed by atoms with Crippen LogP contribution in [0.2, 0.25) is 0 Å². The van der Waals surface area contributed by atoms with E-state index in [1.54, 1.807) is 0 Å². The van der Waals surface area contributed by atoms with E-state index in [2.05, 4.69) is 30.4 Å². The normalized spacial score (nSPS) is 19.3. The molecule has 1 aliphatic rings. The zero-order valence-corrected chi connectivity index (χ0v) is 11.9. The highest BCUT2D eigenvalue weighted by Crippen LogP contribution is 2.15. The number of hydrogen-bond acceptors (Lipinski definition) is 3. The quantitative estimate of drug-likeness (QED) is 0.820. The molecular formula is C16H25NO2. The van der Waals surface area contributed by atoms with E-state index in [1.807, 2.05) is 6.07 Å². The first-order valence-electron chi connectivity index (χ1n) is 7.38. The molecule has 3 heteroatoms. The number of nitrogens with one attached hydrogen (secondary N) is 1. The molecule has 106 valence electrons. The second kappa shape index (κ2) is 8.18. The molecule has 0 spiro atoms. The summed E-state index contributed by atoms with van der Waals surface area (Å²) in [6.07, 6.45) is 3.53. The first kappa shape index (κ1) is 14.4. The van der Waals surface area contributed by atoms with Crippen LogP contribution in [-0.4, -0.2) is 26.4 Å². The Hall–Kier alpha value is -1.06. The summed E-state index contributed by atoms with van der Waals surface area (Å²) in [4.78, 5) is 0. The summed E-state index contributed by atoms with van der Waals surface area (Å²) in [5.41, 5.74) is 1.28. The Kier molecular flexibility index (Phi) is 6.18. The number of hydrogen-bond donors (Lipinski definition) is 1. The summed E-state index contributed by atoms with van der Waals surface area (Å²) < 4.78 is 11.1. The molecule has 1 unspecified atom stereocenters. The van der Waals surface area contributed by atoms with E-state index in [1.165, 1.54) is 18.4 Å². The molecule has 0 aromatic heterocycles. The largest absolute Gasteiger partial charge is 0.494 e. The van der Waals surface area contributed by atoms with Gasteiger partial charge in [0.2, 0.25) is 0 Å². The van der Waals surface area contributed by atoms with Gasteiger partial charge in [0.1, 0.15) is 5.75 Å². The minimum absolute atomic E-state index is 0.674. The van der Waals surface area contributed by atoms with Crippen molar-refractivity contribution in [3.05, 3.63) is 29.8 Å². The van der Waals surface area contributed by atoms with Gasteiger partial charge in [-0.25, -0.2) is 0 Å². The molecule has 1 aromatic carbocycles. The first-order valence-corrected chi connectivity index (χ1v) is 7.38. The van der Waals surface area contributed by atoms with E-state index in [9.17, 15) is 0 Å². The van der Waals surface area contributed by atoms with Gasteiger partial charge in [0.15, 0.2) is 0 Å². The highest BCUT2D eigenvalue weighted by atomic mass is 16.5. The second-order valence-corrected chi connectivity index (χ2v) is 5.21. The van der Waals surface area contributed by atoms with Gasteiger partial charge in [-0.3, -0.25) is 0 Å². The lowest BCUT2D eigenvalue weighted by molar-refractivity contribution is 0.0547. The predicted molar refractivity (Wildman–Crippen MR) is 77.5 cm³/mol. The standard InChI is InChI=1S/C16H25NO2/c1-2-8-19-16-7-3-5-14(10-16)11-17-12-15-6-4-9-18-13-15/h3,5,7,10,15,17H,2,4,6,8-9,11-13H2,1H3. The molecule has 0 saturated carbocycles. The van der Waals surface area contributed by atoms with E-state index in [0.29, 0.717) is 5.92 Å². The average Bonchev–Trinajstić information content (AvgIpc) is 2.47. The summed E-state index contributed by atoms with van der Waals surface area (Å²) >= 11 is 0. The maximum absolute atomic E-state index is 5.64. The Morgan fingerprint density at radius 2 is 2.37 bits per heavy atom. The summed E-state index contributed by atoms with van der Waals surface area (Å²) in [5, 5.41) is 3.52.